The van der Waals surface area contributed by atoms with Crippen LogP contribution in [0.15, 0.2) is 28.4 Å². The van der Waals surface area contributed by atoms with E-state index in [-0.39, 0.29) is 0 Å². The Hall–Kier alpha value is -1.16. The molecule has 0 saturated carbocycles. The second-order valence-electron chi connectivity index (χ2n) is 6.00. The Labute approximate surface area is 133 Å². The molecule has 0 amide bonds. The molecule has 110 valence electrons. The summed E-state index contributed by atoms with van der Waals surface area (Å²) in [5.74, 6) is 0. The van der Waals surface area contributed by atoms with E-state index >= 15 is 0 Å². The standard InChI is InChI=1S/C15H16BBrFNO2/c1-14(2)15(3,4)21-16(20-14)13(18)8-10-5-11(9-19)7-12(17)6-10/h5-8H,1-4H3. The van der Waals surface area contributed by atoms with Crippen LogP contribution in [0.25, 0.3) is 6.08 Å². The largest absolute Gasteiger partial charge is 0.525 e. The summed E-state index contributed by atoms with van der Waals surface area (Å²) in [6.07, 6.45) is 1.33. The Kier molecular flexibility index (Phi) is 4.30. The van der Waals surface area contributed by atoms with Crippen molar-refractivity contribution < 1.29 is 13.7 Å². The van der Waals surface area contributed by atoms with Crippen LogP contribution < -0.4 is 0 Å². The fourth-order valence-electron chi connectivity index (χ4n) is 1.94. The molecule has 0 radical (unpaired) electrons. The summed E-state index contributed by atoms with van der Waals surface area (Å²) in [6.45, 7) is 7.47. The summed E-state index contributed by atoms with van der Waals surface area (Å²) in [4.78, 5) is 0. The average Bonchev–Trinajstić information content (AvgIpc) is 2.57. The van der Waals surface area contributed by atoms with E-state index in [1.807, 2.05) is 33.8 Å². The summed E-state index contributed by atoms with van der Waals surface area (Å²) in [6, 6.07) is 7.04. The fourth-order valence-corrected chi connectivity index (χ4v) is 2.45. The third-order valence-corrected chi connectivity index (χ3v) is 4.29. The van der Waals surface area contributed by atoms with Gasteiger partial charge >= 0.3 is 7.12 Å². The van der Waals surface area contributed by atoms with Crippen LogP contribution in [0.4, 0.5) is 4.39 Å². The lowest BCUT2D eigenvalue weighted by Crippen LogP contribution is -2.41. The zero-order valence-corrected chi connectivity index (χ0v) is 14.0. The normalized spacial score (nSPS) is 20.4. The highest BCUT2D eigenvalue weighted by Crippen LogP contribution is 2.39. The number of hydrogen-bond acceptors (Lipinski definition) is 3. The van der Waals surface area contributed by atoms with Gasteiger partial charge in [-0.25, -0.2) is 4.39 Å². The molecule has 2 rings (SSSR count). The van der Waals surface area contributed by atoms with Crippen LogP contribution >= 0.6 is 15.9 Å². The highest BCUT2D eigenvalue weighted by Gasteiger charge is 2.53. The van der Waals surface area contributed by atoms with Crippen molar-refractivity contribution in [3.8, 4) is 6.07 Å². The average molecular weight is 352 g/mol. The Morgan fingerprint density at radius 1 is 1.24 bits per heavy atom. The van der Waals surface area contributed by atoms with Gasteiger partial charge in [0.2, 0.25) is 0 Å². The van der Waals surface area contributed by atoms with Gasteiger partial charge in [0.1, 0.15) is 5.73 Å². The monoisotopic (exact) mass is 351 g/mol. The topological polar surface area (TPSA) is 42.2 Å². The second kappa shape index (κ2) is 5.56. The van der Waals surface area contributed by atoms with Gasteiger partial charge < -0.3 is 9.31 Å². The van der Waals surface area contributed by atoms with Crippen LogP contribution in [-0.4, -0.2) is 18.3 Å². The zero-order chi connectivity index (χ0) is 15.8. The lowest BCUT2D eigenvalue weighted by molar-refractivity contribution is 0.00578. The predicted molar refractivity (Wildman–Crippen MR) is 84.0 cm³/mol. The predicted octanol–water partition coefficient (Wildman–Crippen LogP) is 4.26. The van der Waals surface area contributed by atoms with Gasteiger partial charge in [-0.05, 0) is 57.5 Å². The maximum Gasteiger partial charge on any atom is 0.525 e. The smallest absolute Gasteiger partial charge is 0.398 e. The van der Waals surface area contributed by atoms with E-state index in [2.05, 4.69) is 15.9 Å². The summed E-state index contributed by atoms with van der Waals surface area (Å²) in [5, 5.41) is 8.93. The second-order valence-corrected chi connectivity index (χ2v) is 6.92. The van der Waals surface area contributed by atoms with Crippen molar-refractivity contribution in [2.45, 2.75) is 38.9 Å². The molecule has 1 aromatic rings. The SMILES string of the molecule is CC1(C)OB(C(F)=Cc2cc(Br)cc(C#N)c2)OC1(C)C. The molecule has 0 unspecified atom stereocenters. The van der Waals surface area contributed by atoms with Crippen molar-refractivity contribution in [3.05, 3.63) is 39.5 Å². The van der Waals surface area contributed by atoms with E-state index in [1.54, 1.807) is 18.2 Å². The summed E-state index contributed by atoms with van der Waals surface area (Å²) in [5.41, 5.74) is -0.656. The van der Waals surface area contributed by atoms with Gasteiger partial charge in [0.25, 0.3) is 0 Å². The highest BCUT2D eigenvalue weighted by molar-refractivity contribution is 9.10. The minimum Gasteiger partial charge on any atom is -0.398 e. The van der Waals surface area contributed by atoms with Crippen LogP contribution in [-0.2, 0) is 9.31 Å². The number of nitriles is 1. The first kappa shape index (κ1) is 16.2. The van der Waals surface area contributed by atoms with Gasteiger partial charge in [0.15, 0.2) is 0 Å². The maximum absolute atomic E-state index is 14.4. The number of hydrogen-bond donors (Lipinski definition) is 0. The van der Waals surface area contributed by atoms with Crippen molar-refractivity contribution in [1.82, 2.24) is 0 Å². The first-order valence-electron chi connectivity index (χ1n) is 6.58. The molecule has 0 aliphatic carbocycles. The number of benzene rings is 1. The quantitative estimate of drug-likeness (QED) is 0.747. The van der Waals surface area contributed by atoms with Crippen LogP contribution in [0, 0.1) is 11.3 Å². The van der Waals surface area contributed by atoms with E-state index in [4.69, 9.17) is 14.6 Å². The van der Waals surface area contributed by atoms with Crippen molar-refractivity contribution in [1.29, 1.82) is 5.26 Å². The van der Waals surface area contributed by atoms with E-state index in [9.17, 15) is 4.39 Å². The summed E-state index contributed by atoms with van der Waals surface area (Å²) in [7, 11) is -1.03. The van der Waals surface area contributed by atoms with Gasteiger partial charge in [0, 0.05) is 4.47 Å². The molecule has 1 fully saturated rings. The third kappa shape index (κ3) is 3.37. The lowest BCUT2D eigenvalue weighted by Gasteiger charge is -2.32. The number of rotatable bonds is 2. The minimum atomic E-state index is -1.03. The molecule has 0 bridgehead atoms. The van der Waals surface area contributed by atoms with E-state index < -0.39 is 24.0 Å². The molecule has 0 spiro atoms. The van der Waals surface area contributed by atoms with Crippen molar-refractivity contribution in [2.75, 3.05) is 0 Å². The van der Waals surface area contributed by atoms with E-state index in [0.29, 0.717) is 11.1 Å². The number of nitrogens with zero attached hydrogens (tertiary/aromatic N) is 1. The van der Waals surface area contributed by atoms with Crippen LogP contribution in [0.1, 0.15) is 38.8 Å². The fraction of sp³-hybridized carbons (Fsp3) is 0.400. The molecular weight excluding hydrogens is 336 g/mol. The molecule has 6 heteroatoms. The molecule has 0 aromatic heterocycles. The van der Waals surface area contributed by atoms with Gasteiger partial charge in [-0.15, -0.1) is 0 Å². The first-order valence-corrected chi connectivity index (χ1v) is 7.37. The minimum absolute atomic E-state index is 0.456. The van der Waals surface area contributed by atoms with Crippen molar-refractivity contribution in [2.24, 2.45) is 0 Å². The third-order valence-electron chi connectivity index (χ3n) is 3.83. The van der Waals surface area contributed by atoms with Crippen LogP contribution in [0.2, 0.25) is 0 Å². The molecule has 1 aliphatic heterocycles. The summed E-state index contributed by atoms with van der Waals surface area (Å²) < 4.78 is 26.4. The first-order chi connectivity index (χ1) is 9.64. The molecule has 3 nitrogen and oxygen atoms in total. The van der Waals surface area contributed by atoms with Crippen LogP contribution in [0.5, 0.6) is 0 Å². The molecule has 0 N–H and O–H groups in total. The van der Waals surface area contributed by atoms with Crippen molar-refractivity contribution in [3.63, 3.8) is 0 Å². The van der Waals surface area contributed by atoms with Gasteiger partial charge in [-0.3, -0.25) is 0 Å². The van der Waals surface area contributed by atoms with Gasteiger partial charge in [0.05, 0.1) is 22.8 Å². The molecule has 1 heterocycles. The van der Waals surface area contributed by atoms with Gasteiger partial charge in [-0.1, -0.05) is 15.9 Å². The molecule has 1 aliphatic rings. The van der Waals surface area contributed by atoms with Gasteiger partial charge in [-0.2, -0.15) is 5.26 Å². The molecular formula is C15H16BBrFNO2. The summed E-state index contributed by atoms with van der Waals surface area (Å²) >= 11 is 3.30. The van der Waals surface area contributed by atoms with E-state index in [0.717, 1.165) is 4.47 Å². The Morgan fingerprint density at radius 2 is 1.81 bits per heavy atom. The molecule has 21 heavy (non-hydrogen) atoms. The Balaban J connectivity index is 2.27. The lowest BCUT2D eigenvalue weighted by atomic mass is 9.86. The van der Waals surface area contributed by atoms with Crippen molar-refractivity contribution >= 4 is 29.1 Å². The maximum atomic E-state index is 14.4. The highest BCUT2D eigenvalue weighted by atomic mass is 79.9. The zero-order valence-electron chi connectivity index (χ0n) is 12.4. The molecule has 1 saturated heterocycles. The Bertz CT molecular complexity index is 621. The molecule has 1 aromatic carbocycles. The molecule has 0 atom stereocenters. The van der Waals surface area contributed by atoms with Crippen LogP contribution in [0.3, 0.4) is 0 Å². The Morgan fingerprint density at radius 3 is 2.33 bits per heavy atom. The van der Waals surface area contributed by atoms with E-state index in [1.165, 1.54) is 6.08 Å². The number of halogens is 2.